The highest BCUT2D eigenvalue weighted by molar-refractivity contribution is 7.90. The fourth-order valence-corrected chi connectivity index (χ4v) is 6.87. The van der Waals surface area contributed by atoms with E-state index < -0.39 is 9.84 Å². The molecular formula is C26H31FN4O2S. The number of hydrogen-bond donors (Lipinski definition) is 1. The van der Waals surface area contributed by atoms with E-state index >= 15 is 4.39 Å². The standard InChI is InChI=1S/C26H31FN4O2S/c1-34(32,33)23-6-2-18(3-7-23)25-16-31-15-19(12-24(27)26(31)29-25)17-8-10-30(11-9-17)22-13-20-4-5-21(14-22)28-20/h2-3,6-7,12,15-17,20-22,28H,4-5,8-11,13-14H2,1H3. The molecule has 3 saturated heterocycles. The summed E-state index contributed by atoms with van der Waals surface area (Å²) in [6.45, 7) is 2.16. The van der Waals surface area contributed by atoms with Crippen LogP contribution in [0, 0.1) is 5.82 Å². The molecule has 180 valence electrons. The van der Waals surface area contributed by atoms with Crippen LogP contribution in [0.4, 0.5) is 4.39 Å². The molecule has 1 N–H and O–H groups in total. The zero-order valence-corrected chi connectivity index (χ0v) is 20.3. The molecular weight excluding hydrogens is 451 g/mol. The fourth-order valence-electron chi connectivity index (χ4n) is 6.24. The minimum Gasteiger partial charge on any atom is -0.311 e. The normalized spacial score (nSPS) is 26.4. The maximum absolute atomic E-state index is 15.0. The Bertz CT molecular complexity index is 1300. The molecule has 3 fully saturated rings. The zero-order chi connectivity index (χ0) is 23.4. The number of rotatable bonds is 4. The number of likely N-dealkylation sites (tertiary alicyclic amines) is 1. The van der Waals surface area contributed by atoms with Gasteiger partial charge in [0, 0.05) is 42.3 Å². The summed E-state index contributed by atoms with van der Waals surface area (Å²) >= 11 is 0. The molecule has 6 rings (SSSR count). The summed E-state index contributed by atoms with van der Waals surface area (Å²) in [5.74, 6) is 0.0438. The summed E-state index contributed by atoms with van der Waals surface area (Å²) < 4.78 is 40.3. The van der Waals surface area contributed by atoms with Crippen LogP contribution < -0.4 is 5.32 Å². The van der Waals surface area contributed by atoms with Crippen LogP contribution in [0.1, 0.15) is 50.0 Å². The molecule has 2 unspecified atom stereocenters. The topological polar surface area (TPSA) is 66.7 Å². The van der Waals surface area contributed by atoms with Gasteiger partial charge in [-0.2, -0.15) is 0 Å². The Labute approximate surface area is 200 Å². The molecule has 1 aromatic carbocycles. The molecule has 3 aliphatic heterocycles. The van der Waals surface area contributed by atoms with Crippen LogP contribution in [0.2, 0.25) is 0 Å². The number of piperidine rings is 2. The maximum atomic E-state index is 15.0. The number of pyridine rings is 1. The minimum atomic E-state index is -3.26. The van der Waals surface area contributed by atoms with Crippen molar-refractivity contribution in [2.45, 2.75) is 67.5 Å². The van der Waals surface area contributed by atoms with Gasteiger partial charge in [0.1, 0.15) is 0 Å². The van der Waals surface area contributed by atoms with Gasteiger partial charge in [0.05, 0.1) is 10.6 Å². The number of aromatic nitrogens is 2. The van der Waals surface area contributed by atoms with Gasteiger partial charge >= 0.3 is 0 Å². The second-order valence-corrected chi connectivity index (χ2v) is 12.4. The molecule has 3 aliphatic rings. The Kier molecular flexibility index (Phi) is 5.50. The summed E-state index contributed by atoms with van der Waals surface area (Å²) in [6, 6.07) is 10.3. The largest absolute Gasteiger partial charge is 0.311 e. The lowest BCUT2D eigenvalue weighted by atomic mass is 9.88. The monoisotopic (exact) mass is 482 g/mol. The van der Waals surface area contributed by atoms with Crippen molar-refractivity contribution in [2.75, 3.05) is 19.3 Å². The predicted molar refractivity (Wildman–Crippen MR) is 130 cm³/mol. The van der Waals surface area contributed by atoms with Gasteiger partial charge in [-0.15, -0.1) is 0 Å². The number of halogens is 1. The van der Waals surface area contributed by atoms with Gasteiger partial charge in [-0.05, 0) is 81.3 Å². The summed E-state index contributed by atoms with van der Waals surface area (Å²) in [4.78, 5) is 7.41. The third kappa shape index (κ3) is 4.16. The van der Waals surface area contributed by atoms with Crippen LogP contribution in [0.15, 0.2) is 47.6 Å². The number of benzene rings is 1. The average Bonchev–Trinajstić information content (AvgIpc) is 3.41. The SMILES string of the molecule is CS(=O)(=O)c1ccc(-c2cn3cc(C4CCN(C5CC6CCC(C5)N6)CC4)cc(F)c3n2)cc1. The van der Waals surface area contributed by atoms with E-state index in [4.69, 9.17) is 0 Å². The van der Waals surface area contributed by atoms with Crippen molar-refractivity contribution in [3.63, 3.8) is 0 Å². The summed E-state index contributed by atoms with van der Waals surface area (Å²) in [5, 5.41) is 3.74. The average molecular weight is 483 g/mol. The molecule has 6 nitrogen and oxygen atoms in total. The van der Waals surface area contributed by atoms with Crippen molar-refractivity contribution in [1.82, 2.24) is 19.6 Å². The van der Waals surface area contributed by atoms with Crippen molar-refractivity contribution in [2.24, 2.45) is 0 Å². The molecule has 8 heteroatoms. The Morgan fingerprint density at radius 3 is 2.32 bits per heavy atom. The lowest BCUT2D eigenvalue weighted by molar-refractivity contribution is 0.111. The van der Waals surface area contributed by atoms with Crippen LogP contribution in [0.3, 0.4) is 0 Å². The van der Waals surface area contributed by atoms with E-state index in [-0.39, 0.29) is 10.7 Å². The van der Waals surface area contributed by atoms with Crippen LogP contribution >= 0.6 is 0 Å². The van der Waals surface area contributed by atoms with Crippen molar-refractivity contribution in [1.29, 1.82) is 0 Å². The molecule has 0 saturated carbocycles. The van der Waals surface area contributed by atoms with E-state index in [1.165, 1.54) is 31.9 Å². The minimum absolute atomic E-state index is 0.261. The van der Waals surface area contributed by atoms with Gasteiger partial charge in [0.2, 0.25) is 0 Å². The Morgan fingerprint density at radius 1 is 1.00 bits per heavy atom. The first-order chi connectivity index (χ1) is 16.3. The predicted octanol–water partition coefficient (Wildman–Crippen LogP) is 4.01. The molecule has 0 amide bonds. The van der Waals surface area contributed by atoms with E-state index in [9.17, 15) is 8.42 Å². The van der Waals surface area contributed by atoms with Gasteiger partial charge in [0.15, 0.2) is 21.3 Å². The summed E-state index contributed by atoms with van der Waals surface area (Å²) in [5.41, 5.74) is 2.73. The van der Waals surface area contributed by atoms with E-state index in [1.54, 1.807) is 34.7 Å². The molecule has 2 bridgehead atoms. The van der Waals surface area contributed by atoms with Gasteiger partial charge in [0.25, 0.3) is 0 Å². The molecule has 0 spiro atoms. The van der Waals surface area contributed by atoms with Gasteiger partial charge < -0.3 is 14.6 Å². The summed E-state index contributed by atoms with van der Waals surface area (Å²) in [7, 11) is -3.26. The lowest BCUT2D eigenvalue weighted by Gasteiger charge is -2.41. The smallest absolute Gasteiger partial charge is 0.175 e. The second kappa shape index (κ2) is 8.43. The molecule has 2 atom stereocenters. The zero-order valence-electron chi connectivity index (χ0n) is 19.5. The molecule has 34 heavy (non-hydrogen) atoms. The van der Waals surface area contributed by atoms with Crippen LogP contribution in [0.5, 0.6) is 0 Å². The number of fused-ring (bicyclic) bond motifs is 3. The highest BCUT2D eigenvalue weighted by Gasteiger charge is 2.37. The molecule has 2 aromatic heterocycles. The highest BCUT2D eigenvalue weighted by Crippen LogP contribution is 2.35. The van der Waals surface area contributed by atoms with Crippen molar-refractivity contribution < 1.29 is 12.8 Å². The van der Waals surface area contributed by atoms with Gasteiger partial charge in [-0.25, -0.2) is 17.8 Å². The second-order valence-electron chi connectivity index (χ2n) is 10.3. The first-order valence-electron chi connectivity index (χ1n) is 12.3. The van der Waals surface area contributed by atoms with E-state index in [1.807, 2.05) is 12.4 Å². The van der Waals surface area contributed by atoms with E-state index in [0.29, 0.717) is 35.4 Å². The first kappa shape index (κ1) is 22.2. The van der Waals surface area contributed by atoms with Crippen molar-refractivity contribution >= 4 is 15.5 Å². The van der Waals surface area contributed by atoms with Crippen molar-refractivity contribution in [3.8, 4) is 11.3 Å². The quantitative estimate of drug-likeness (QED) is 0.609. The number of sulfone groups is 1. The number of imidazole rings is 1. The Morgan fingerprint density at radius 2 is 1.68 bits per heavy atom. The van der Waals surface area contributed by atoms with E-state index in [2.05, 4.69) is 15.2 Å². The fraction of sp³-hybridized carbons (Fsp3) is 0.500. The Hall–Kier alpha value is -2.29. The Balaban J connectivity index is 1.19. The number of hydrogen-bond acceptors (Lipinski definition) is 5. The van der Waals surface area contributed by atoms with Gasteiger partial charge in [-0.1, -0.05) is 12.1 Å². The number of nitrogens with one attached hydrogen (secondary N) is 1. The van der Waals surface area contributed by atoms with E-state index in [0.717, 1.165) is 37.1 Å². The maximum Gasteiger partial charge on any atom is 0.175 e. The van der Waals surface area contributed by atoms with Crippen LogP contribution in [-0.4, -0.2) is 60.2 Å². The molecule has 3 aromatic rings. The van der Waals surface area contributed by atoms with Crippen LogP contribution in [-0.2, 0) is 9.84 Å². The van der Waals surface area contributed by atoms with Crippen molar-refractivity contribution in [3.05, 3.63) is 54.1 Å². The first-order valence-corrected chi connectivity index (χ1v) is 14.2. The van der Waals surface area contributed by atoms with Crippen LogP contribution in [0.25, 0.3) is 16.9 Å². The molecule has 5 heterocycles. The van der Waals surface area contributed by atoms with Gasteiger partial charge in [-0.3, -0.25) is 0 Å². The highest BCUT2D eigenvalue weighted by atomic mass is 32.2. The summed E-state index contributed by atoms with van der Waals surface area (Å²) in [6.07, 6.45) is 12.3. The molecule has 0 radical (unpaired) electrons. The third-order valence-corrected chi connectivity index (χ3v) is 9.20. The lowest BCUT2D eigenvalue weighted by Crippen LogP contribution is -2.50. The third-order valence-electron chi connectivity index (χ3n) is 8.07. The molecule has 0 aliphatic carbocycles. The number of nitrogens with zero attached hydrogens (tertiary/aromatic N) is 3.